The first-order valence-corrected chi connectivity index (χ1v) is 8.37. The maximum Gasteiger partial charge on any atom is 0.387 e. The maximum atomic E-state index is 12.6. The van der Waals surface area contributed by atoms with Gasteiger partial charge in [0.05, 0.1) is 13.7 Å². The number of aromatic amines is 1. The molecule has 0 atom stereocenters. The molecule has 0 bridgehead atoms. The second-order valence-electron chi connectivity index (χ2n) is 6.21. The quantitative estimate of drug-likeness (QED) is 0.604. The molecule has 0 fully saturated rings. The largest absolute Gasteiger partial charge is 0.493 e. The number of para-hydroxylation sites is 1. The van der Waals surface area contributed by atoms with Crippen molar-refractivity contribution in [2.24, 2.45) is 0 Å². The zero-order chi connectivity index (χ0) is 19.4. The van der Waals surface area contributed by atoms with Crippen LogP contribution in [0.25, 0.3) is 10.9 Å². The average molecular weight is 374 g/mol. The van der Waals surface area contributed by atoms with Crippen molar-refractivity contribution < 1.29 is 23.0 Å². The van der Waals surface area contributed by atoms with E-state index in [1.807, 2.05) is 36.2 Å². The zero-order valence-electron chi connectivity index (χ0n) is 15.0. The third kappa shape index (κ3) is 4.43. The number of aromatic nitrogens is 1. The average Bonchev–Trinajstić information content (AvgIpc) is 3.06. The number of hydrogen-bond acceptors (Lipinski definition) is 4. The summed E-state index contributed by atoms with van der Waals surface area (Å²) in [5.74, 6) is 0.206. The van der Waals surface area contributed by atoms with Crippen LogP contribution in [-0.4, -0.2) is 43.0 Å². The highest BCUT2D eigenvalue weighted by Gasteiger charge is 2.15. The summed E-state index contributed by atoms with van der Waals surface area (Å²) in [7, 11) is 3.21. The lowest BCUT2D eigenvalue weighted by atomic mass is 10.1. The molecule has 7 heteroatoms. The number of alkyl halides is 2. The fraction of sp³-hybridized carbons (Fsp3) is 0.250. The van der Waals surface area contributed by atoms with Gasteiger partial charge in [0.15, 0.2) is 17.3 Å². The minimum atomic E-state index is -2.92. The van der Waals surface area contributed by atoms with E-state index in [1.165, 1.54) is 13.2 Å². The van der Waals surface area contributed by atoms with E-state index in [-0.39, 0.29) is 23.8 Å². The lowest BCUT2D eigenvalue weighted by Gasteiger charge is -2.17. The summed E-state index contributed by atoms with van der Waals surface area (Å²) < 4.78 is 34.4. The smallest absolute Gasteiger partial charge is 0.387 e. The Morgan fingerprint density at radius 1 is 1.19 bits per heavy atom. The zero-order valence-corrected chi connectivity index (χ0v) is 15.0. The van der Waals surface area contributed by atoms with E-state index in [2.05, 4.69) is 9.72 Å². The number of likely N-dealkylation sites (N-methyl/N-ethyl adjacent to an activating group) is 1. The highest BCUT2D eigenvalue weighted by Crippen LogP contribution is 2.29. The lowest BCUT2D eigenvalue weighted by Crippen LogP contribution is -2.25. The Morgan fingerprint density at radius 3 is 2.70 bits per heavy atom. The summed E-state index contributed by atoms with van der Waals surface area (Å²) in [5.41, 5.74) is 2.39. The van der Waals surface area contributed by atoms with Crippen molar-refractivity contribution in [3.05, 3.63) is 59.8 Å². The number of Topliss-reactive ketones (excluding diaryl/α,β-unsaturated/α-hetero) is 1. The molecule has 0 spiro atoms. The predicted molar refractivity (Wildman–Crippen MR) is 98.6 cm³/mol. The van der Waals surface area contributed by atoms with Crippen LogP contribution in [0.2, 0.25) is 0 Å². The van der Waals surface area contributed by atoms with Gasteiger partial charge in [0.25, 0.3) is 0 Å². The maximum absolute atomic E-state index is 12.6. The lowest BCUT2D eigenvalue weighted by molar-refractivity contribution is -0.0512. The number of benzene rings is 2. The molecule has 0 aliphatic heterocycles. The number of hydrogen-bond donors (Lipinski definition) is 1. The van der Waals surface area contributed by atoms with Crippen LogP contribution in [0.1, 0.15) is 15.9 Å². The molecule has 0 amide bonds. The van der Waals surface area contributed by atoms with Crippen LogP contribution in [0.5, 0.6) is 11.5 Å². The topological polar surface area (TPSA) is 54.6 Å². The Kier molecular flexibility index (Phi) is 5.71. The monoisotopic (exact) mass is 374 g/mol. The van der Waals surface area contributed by atoms with Crippen LogP contribution in [0, 0.1) is 0 Å². The van der Waals surface area contributed by atoms with Crippen LogP contribution >= 0.6 is 0 Å². The molecule has 0 unspecified atom stereocenters. The Bertz CT molecular complexity index is 940. The first-order valence-electron chi connectivity index (χ1n) is 8.37. The van der Waals surface area contributed by atoms with Gasteiger partial charge in [-0.1, -0.05) is 24.3 Å². The van der Waals surface area contributed by atoms with Crippen molar-refractivity contribution in [2.75, 3.05) is 20.7 Å². The van der Waals surface area contributed by atoms with Gasteiger partial charge in [-0.25, -0.2) is 0 Å². The minimum Gasteiger partial charge on any atom is -0.493 e. The molecule has 142 valence electrons. The number of nitrogens with one attached hydrogen (secondary N) is 1. The van der Waals surface area contributed by atoms with Crippen molar-refractivity contribution in [1.29, 1.82) is 0 Å². The summed E-state index contributed by atoms with van der Waals surface area (Å²) in [6.45, 7) is -2.24. The number of methoxy groups -OCH3 is 1. The van der Waals surface area contributed by atoms with E-state index in [9.17, 15) is 13.6 Å². The van der Waals surface area contributed by atoms with E-state index in [4.69, 9.17) is 4.74 Å². The fourth-order valence-electron chi connectivity index (χ4n) is 3.00. The van der Waals surface area contributed by atoms with Gasteiger partial charge in [0.1, 0.15) is 0 Å². The number of carbonyl (C=O) groups is 1. The van der Waals surface area contributed by atoms with Gasteiger partial charge in [0, 0.05) is 29.2 Å². The van der Waals surface area contributed by atoms with Gasteiger partial charge in [-0.15, -0.1) is 0 Å². The van der Waals surface area contributed by atoms with Crippen molar-refractivity contribution in [3.63, 3.8) is 0 Å². The Morgan fingerprint density at radius 2 is 1.96 bits per heavy atom. The minimum absolute atomic E-state index is 0.000399. The number of rotatable bonds is 8. The summed E-state index contributed by atoms with van der Waals surface area (Å²) in [6, 6.07) is 12.4. The highest BCUT2D eigenvalue weighted by molar-refractivity contribution is 6.08. The molecule has 3 rings (SSSR count). The van der Waals surface area contributed by atoms with E-state index in [0.717, 1.165) is 16.5 Å². The molecule has 0 saturated heterocycles. The van der Waals surface area contributed by atoms with Gasteiger partial charge in [0.2, 0.25) is 0 Å². The summed E-state index contributed by atoms with van der Waals surface area (Å²) in [6.07, 6.45) is 1.72. The summed E-state index contributed by atoms with van der Waals surface area (Å²) in [4.78, 5) is 17.6. The Hall–Kier alpha value is -2.93. The van der Waals surface area contributed by atoms with Crippen molar-refractivity contribution in [1.82, 2.24) is 9.88 Å². The van der Waals surface area contributed by atoms with Crippen LogP contribution in [0.15, 0.2) is 48.7 Å². The molecule has 0 radical (unpaired) electrons. The fourth-order valence-corrected chi connectivity index (χ4v) is 3.00. The third-order valence-corrected chi connectivity index (χ3v) is 4.20. The van der Waals surface area contributed by atoms with Gasteiger partial charge >= 0.3 is 6.61 Å². The third-order valence-electron chi connectivity index (χ3n) is 4.20. The molecule has 2 aromatic carbocycles. The van der Waals surface area contributed by atoms with Crippen LogP contribution in [0.4, 0.5) is 8.78 Å². The number of halogens is 2. The number of ether oxygens (including phenoxy) is 2. The summed E-state index contributed by atoms with van der Waals surface area (Å²) >= 11 is 0. The number of fused-ring (bicyclic) bond motifs is 1. The molecule has 0 aliphatic rings. The van der Waals surface area contributed by atoms with E-state index in [1.54, 1.807) is 18.3 Å². The molecule has 3 aromatic rings. The predicted octanol–water partition coefficient (Wildman–Crippen LogP) is 4.09. The normalized spacial score (nSPS) is 11.3. The Labute approximate surface area is 155 Å². The molecular weight excluding hydrogens is 354 g/mol. The van der Waals surface area contributed by atoms with Gasteiger partial charge in [-0.2, -0.15) is 8.78 Å². The van der Waals surface area contributed by atoms with Crippen LogP contribution < -0.4 is 9.47 Å². The van der Waals surface area contributed by atoms with Crippen LogP contribution in [0.3, 0.4) is 0 Å². The summed E-state index contributed by atoms with van der Waals surface area (Å²) in [5, 5.41) is 0.895. The molecule has 27 heavy (non-hydrogen) atoms. The molecule has 5 nitrogen and oxygen atoms in total. The number of H-pyrrole nitrogens is 1. The second kappa shape index (κ2) is 8.18. The number of carbonyl (C=O) groups excluding carboxylic acids is 1. The van der Waals surface area contributed by atoms with E-state index in [0.29, 0.717) is 12.1 Å². The van der Waals surface area contributed by atoms with Crippen LogP contribution in [-0.2, 0) is 6.54 Å². The van der Waals surface area contributed by atoms with E-state index >= 15 is 0 Å². The van der Waals surface area contributed by atoms with Gasteiger partial charge in [-0.3, -0.25) is 9.69 Å². The van der Waals surface area contributed by atoms with Crippen molar-refractivity contribution in [3.8, 4) is 11.5 Å². The number of nitrogens with zero attached hydrogens (tertiary/aromatic N) is 1. The molecule has 0 aliphatic carbocycles. The molecule has 0 saturated carbocycles. The second-order valence-corrected chi connectivity index (χ2v) is 6.21. The van der Waals surface area contributed by atoms with Crippen molar-refractivity contribution >= 4 is 16.7 Å². The number of ketones is 1. The highest BCUT2D eigenvalue weighted by atomic mass is 19.3. The molecule has 1 N–H and O–H groups in total. The first kappa shape index (κ1) is 18.8. The molecule has 1 heterocycles. The van der Waals surface area contributed by atoms with Gasteiger partial charge in [-0.05, 0) is 30.8 Å². The Balaban J connectivity index is 1.68. The SMILES string of the molecule is COc1cc(CN(C)CC(=O)c2c[nH]c3ccccc23)ccc1OC(F)F. The van der Waals surface area contributed by atoms with E-state index < -0.39 is 6.61 Å². The molecule has 1 aromatic heterocycles. The first-order chi connectivity index (χ1) is 13.0. The standard InChI is InChI=1S/C20H20F2N2O3/c1-24(11-13-7-8-18(27-20(21)22)19(9-13)26-2)12-17(25)15-10-23-16-6-4-3-5-14(15)16/h3-10,20,23H,11-12H2,1-2H3. The van der Waals surface area contributed by atoms with Gasteiger partial charge < -0.3 is 14.5 Å². The molecular formula is C20H20F2N2O3. The van der Waals surface area contributed by atoms with Crippen molar-refractivity contribution in [2.45, 2.75) is 13.2 Å².